The zero-order valence-electron chi connectivity index (χ0n) is 19.0. The molecule has 0 aromatic carbocycles. The summed E-state index contributed by atoms with van der Waals surface area (Å²) in [6, 6.07) is 2.02. The van der Waals surface area contributed by atoms with E-state index in [0.717, 1.165) is 11.6 Å². The van der Waals surface area contributed by atoms with Gasteiger partial charge >= 0.3 is 18.2 Å². The molecule has 0 fully saturated rings. The van der Waals surface area contributed by atoms with Crippen LogP contribution >= 0.6 is 11.3 Å². The molecular formula is C21H20F3N7O5S. The van der Waals surface area contributed by atoms with E-state index in [-0.39, 0.29) is 52.0 Å². The van der Waals surface area contributed by atoms with Gasteiger partial charge in [-0.05, 0) is 19.1 Å². The SMILES string of the molecule is CCNC(=O)Nc1cc(-c2nc(C(F)(F)F)cs2)c(-c2cc(C(=O)NN)cnc2OCCC(=O)O)cn1. The number of ether oxygens (including phenoxy) is 1. The number of carbonyl (C=O) groups excluding carboxylic acids is 2. The molecule has 0 aliphatic rings. The van der Waals surface area contributed by atoms with E-state index < -0.39 is 29.8 Å². The summed E-state index contributed by atoms with van der Waals surface area (Å²) >= 11 is 0.693. The molecule has 3 heterocycles. The van der Waals surface area contributed by atoms with Crippen molar-refractivity contribution in [1.29, 1.82) is 0 Å². The highest BCUT2D eigenvalue weighted by atomic mass is 32.1. The fourth-order valence-electron chi connectivity index (χ4n) is 2.97. The van der Waals surface area contributed by atoms with Crippen LogP contribution in [0.1, 0.15) is 29.4 Å². The molecule has 37 heavy (non-hydrogen) atoms. The Morgan fingerprint density at radius 3 is 2.51 bits per heavy atom. The molecule has 16 heteroatoms. The van der Waals surface area contributed by atoms with E-state index in [1.54, 1.807) is 6.92 Å². The Labute approximate surface area is 211 Å². The van der Waals surface area contributed by atoms with Crippen LogP contribution in [0, 0.1) is 0 Å². The first kappa shape index (κ1) is 27.3. The fraction of sp³-hybridized carbons (Fsp3) is 0.238. The zero-order valence-corrected chi connectivity index (χ0v) is 19.9. The summed E-state index contributed by atoms with van der Waals surface area (Å²) in [5.41, 5.74) is 1.15. The number of amides is 3. The summed E-state index contributed by atoms with van der Waals surface area (Å²) in [5, 5.41) is 14.6. The molecule has 0 radical (unpaired) electrons. The number of pyridine rings is 2. The van der Waals surface area contributed by atoms with Gasteiger partial charge in [0.2, 0.25) is 5.88 Å². The minimum atomic E-state index is -4.70. The Morgan fingerprint density at radius 1 is 1.14 bits per heavy atom. The third-order valence-electron chi connectivity index (χ3n) is 4.60. The second-order valence-electron chi connectivity index (χ2n) is 7.18. The Morgan fingerprint density at radius 2 is 1.89 bits per heavy atom. The van der Waals surface area contributed by atoms with E-state index in [1.165, 1.54) is 18.3 Å². The summed E-state index contributed by atoms with van der Waals surface area (Å²) in [4.78, 5) is 46.9. The predicted molar refractivity (Wildman–Crippen MR) is 126 cm³/mol. The summed E-state index contributed by atoms with van der Waals surface area (Å²) in [6.45, 7) is 1.73. The number of hydrogen-bond acceptors (Lipinski definition) is 9. The van der Waals surface area contributed by atoms with Crippen LogP contribution in [0.15, 0.2) is 29.9 Å². The number of hydrogen-bond donors (Lipinski definition) is 5. The van der Waals surface area contributed by atoms with E-state index in [0.29, 0.717) is 17.9 Å². The number of carboxylic acid groups (broad SMARTS) is 1. The quantitative estimate of drug-likeness (QED) is 0.155. The average molecular weight is 539 g/mol. The van der Waals surface area contributed by atoms with Crippen LogP contribution in [0.2, 0.25) is 0 Å². The maximum Gasteiger partial charge on any atom is 0.434 e. The molecule has 0 unspecified atom stereocenters. The van der Waals surface area contributed by atoms with Crippen LogP contribution in [0.3, 0.4) is 0 Å². The molecule has 0 spiro atoms. The van der Waals surface area contributed by atoms with Gasteiger partial charge in [-0.15, -0.1) is 11.3 Å². The van der Waals surface area contributed by atoms with Crippen molar-refractivity contribution in [1.82, 2.24) is 25.7 Å². The van der Waals surface area contributed by atoms with Gasteiger partial charge < -0.3 is 15.2 Å². The van der Waals surface area contributed by atoms with E-state index in [2.05, 4.69) is 25.6 Å². The number of alkyl halides is 3. The first-order valence-corrected chi connectivity index (χ1v) is 11.3. The lowest BCUT2D eigenvalue weighted by Gasteiger charge is -2.15. The number of carboxylic acids is 1. The van der Waals surface area contributed by atoms with Crippen LogP contribution in [-0.4, -0.2) is 51.1 Å². The van der Waals surface area contributed by atoms with Gasteiger partial charge in [0.1, 0.15) is 17.4 Å². The number of nitrogens with two attached hydrogens (primary N) is 1. The summed E-state index contributed by atoms with van der Waals surface area (Å²) in [6.07, 6.45) is -2.70. The molecule has 3 rings (SSSR count). The molecule has 3 aromatic rings. The largest absolute Gasteiger partial charge is 0.481 e. The predicted octanol–water partition coefficient (Wildman–Crippen LogP) is 2.88. The number of urea groups is 1. The second-order valence-corrected chi connectivity index (χ2v) is 8.04. The number of nitrogens with zero attached hydrogens (tertiary/aromatic N) is 3. The van der Waals surface area contributed by atoms with Crippen molar-refractivity contribution in [2.75, 3.05) is 18.5 Å². The Bertz CT molecular complexity index is 1320. The Balaban J connectivity index is 2.19. The monoisotopic (exact) mass is 539 g/mol. The van der Waals surface area contributed by atoms with Crippen LogP contribution in [0.5, 0.6) is 5.88 Å². The van der Waals surface area contributed by atoms with Crippen LogP contribution in [0.25, 0.3) is 21.7 Å². The van der Waals surface area contributed by atoms with E-state index in [4.69, 9.17) is 15.7 Å². The smallest absolute Gasteiger partial charge is 0.434 e. The third-order valence-corrected chi connectivity index (χ3v) is 5.47. The Hall–Kier alpha value is -4.31. The van der Waals surface area contributed by atoms with Gasteiger partial charge in [0, 0.05) is 41.0 Å². The van der Waals surface area contributed by atoms with E-state index >= 15 is 0 Å². The van der Waals surface area contributed by atoms with Crippen LogP contribution < -0.4 is 26.6 Å². The van der Waals surface area contributed by atoms with Crippen molar-refractivity contribution >= 4 is 35.1 Å². The number of anilines is 1. The minimum absolute atomic E-state index is 0.00520. The number of nitrogens with one attached hydrogen (secondary N) is 3. The lowest BCUT2D eigenvalue weighted by atomic mass is 10.0. The van der Waals surface area contributed by atoms with Gasteiger partial charge in [-0.2, -0.15) is 13.2 Å². The van der Waals surface area contributed by atoms with E-state index in [1.807, 2.05) is 5.43 Å². The number of carbonyl (C=O) groups is 3. The van der Waals surface area contributed by atoms with Crippen LogP contribution in [0.4, 0.5) is 23.8 Å². The van der Waals surface area contributed by atoms with Gasteiger partial charge in [0.15, 0.2) is 5.69 Å². The number of thiazole rings is 1. The van der Waals surface area contributed by atoms with Crippen molar-refractivity contribution < 1.29 is 37.4 Å². The van der Waals surface area contributed by atoms with Crippen molar-refractivity contribution in [3.05, 3.63) is 41.2 Å². The molecule has 0 atom stereocenters. The third kappa shape index (κ3) is 6.89. The molecule has 0 aliphatic carbocycles. The molecular weight excluding hydrogens is 519 g/mol. The number of halogens is 3. The highest BCUT2D eigenvalue weighted by molar-refractivity contribution is 7.13. The number of aromatic nitrogens is 3. The first-order chi connectivity index (χ1) is 17.5. The van der Waals surface area contributed by atoms with Crippen molar-refractivity contribution in [2.45, 2.75) is 19.5 Å². The number of aliphatic carboxylic acids is 1. The first-order valence-electron chi connectivity index (χ1n) is 10.5. The highest BCUT2D eigenvalue weighted by Crippen LogP contribution is 2.40. The molecule has 196 valence electrons. The molecule has 3 amide bonds. The van der Waals surface area contributed by atoms with Gasteiger partial charge in [-0.3, -0.25) is 20.3 Å². The van der Waals surface area contributed by atoms with Crippen molar-refractivity contribution in [2.24, 2.45) is 5.84 Å². The normalized spacial score (nSPS) is 11.1. The molecule has 0 bridgehead atoms. The zero-order chi connectivity index (χ0) is 27.2. The van der Waals surface area contributed by atoms with Gasteiger partial charge in [-0.1, -0.05) is 0 Å². The second kappa shape index (κ2) is 11.6. The van der Waals surface area contributed by atoms with Crippen LogP contribution in [-0.2, 0) is 11.0 Å². The summed E-state index contributed by atoms with van der Waals surface area (Å²) < 4.78 is 45.3. The molecule has 3 aromatic heterocycles. The highest BCUT2D eigenvalue weighted by Gasteiger charge is 2.34. The summed E-state index contributed by atoms with van der Waals surface area (Å²) in [5.74, 6) is 3.24. The van der Waals surface area contributed by atoms with Gasteiger partial charge in [-0.25, -0.2) is 25.6 Å². The topological polar surface area (TPSA) is 181 Å². The van der Waals surface area contributed by atoms with E-state index in [9.17, 15) is 27.6 Å². The average Bonchev–Trinajstić information content (AvgIpc) is 3.35. The fourth-order valence-corrected chi connectivity index (χ4v) is 3.82. The number of nitrogen functional groups attached to an aromatic ring is 1. The van der Waals surface area contributed by atoms with Crippen molar-refractivity contribution in [3.8, 4) is 27.6 Å². The molecule has 0 saturated carbocycles. The number of hydrazine groups is 1. The standard InChI is InChI=1S/C21H20F3N7O5S/c1-2-26-20(35)30-15-6-12(19-29-14(9-37-19)21(22,23)24)13(8-27-15)11-5-10(17(34)31-25)7-28-18(11)36-4-3-16(32)33/h5-9H,2-4,25H2,1H3,(H,31,34)(H,32,33)(H2,26,27,30,35). The molecule has 6 N–H and O–H groups in total. The summed E-state index contributed by atoms with van der Waals surface area (Å²) in [7, 11) is 0. The molecule has 0 aliphatic heterocycles. The van der Waals surface area contributed by atoms with Crippen molar-refractivity contribution in [3.63, 3.8) is 0 Å². The minimum Gasteiger partial charge on any atom is -0.481 e. The molecule has 0 saturated heterocycles. The maximum atomic E-state index is 13.3. The molecule has 12 nitrogen and oxygen atoms in total. The lowest BCUT2D eigenvalue weighted by Crippen LogP contribution is -2.30. The Kier molecular flexibility index (Phi) is 8.56. The van der Waals surface area contributed by atoms with Gasteiger partial charge in [0.25, 0.3) is 5.91 Å². The van der Waals surface area contributed by atoms with Gasteiger partial charge in [0.05, 0.1) is 12.0 Å². The lowest BCUT2D eigenvalue weighted by molar-refractivity contribution is -0.140. The maximum absolute atomic E-state index is 13.3. The number of rotatable bonds is 9.